The third-order valence-corrected chi connectivity index (χ3v) is 9.33. The second-order valence-electron chi connectivity index (χ2n) is 10.1. The molecule has 1 aliphatic heterocycles. The molecular formula is C28H35N5O6S. The van der Waals surface area contributed by atoms with Gasteiger partial charge in [-0.1, -0.05) is 31.4 Å². The minimum atomic E-state index is -3.33. The van der Waals surface area contributed by atoms with E-state index in [1.165, 1.54) is 10.5 Å². The minimum Gasteiger partial charge on any atom is -0.462 e. The lowest BCUT2D eigenvalue weighted by Gasteiger charge is -2.26. The molecule has 1 N–H and O–H groups in total. The predicted molar refractivity (Wildman–Crippen MR) is 151 cm³/mol. The van der Waals surface area contributed by atoms with Gasteiger partial charge in [-0.15, -0.1) is 0 Å². The lowest BCUT2D eigenvalue weighted by Crippen LogP contribution is -2.42. The summed E-state index contributed by atoms with van der Waals surface area (Å²) in [7, 11) is -3.33. The Morgan fingerprint density at radius 3 is 2.55 bits per heavy atom. The van der Waals surface area contributed by atoms with Crippen LogP contribution in [0, 0.1) is 0 Å². The maximum atomic E-state index is 13.2. The van der Waals surface area contributed by atoms with Crippen molar-refractivity contribution in [1.82, 2.24) is 18.8 Å². The van der Waals surface area contributed by atoms with Crippen LogP contribution in [0.5, 0.6) is 0 Å². The minimum absolute atomic E-state index is 0.00421. The third kappa shape index (κ3) is 6.34. The maximum absolute atomic E-state index is 13.2. The fourth-order valence-corrected chi connectivity index (χ4v) is 6.73. The molecule has 0 atom stereocenters. The van der Waals surface area contributed by atoms with Gasteiger partial charge in [0, 0.05) is 37.2 Å². The number of benzene rings is 1. The number of morpholine rings is 1. The number of aromatic nitrogens is 3. The Bertz CT molecular complexity index is 1510. The van der Waals surface area contributed by atoms with Crippen LogP contribution in [0.2, 0.25) is 0 Å². The van der Waals surface area contributed by atoms with E-state index >= 15 is 0 Å². The molecule has 12 heteroatoms. The number of ether oxygens (including phenoxy) is 2. The van der Waals surface area contributed by atoms with Crippen molar-refractivity contribution in [1.29, 1.82) is 0 Å². The Balaban J connectivity index is 1.35. The Hall–Kier alpha value is -3.35. The molecule has 214 valence electrons. The van der Waals surface area contributed by atoms with E-state index in [2.05, 4.69) is 15.3 Å². The number of esters is 1. The Labute approximate surface area is 233 Å². The molecular weight excluding hydrogens is 534 g/mol. The molecule has 0 unspecified atom stereocenters. The van der Waals surface area contributed by atoms with Gasteiger partial charge in [-0.25, -0.2) is 18.2 Å². The van der Waals surface area contributed by atoms with Gasteiger partial charge in [-0.3, -0.25) is 4.79 Å². The molecule has 2 fully saturated rings. The average molecular weight is 570 g/mol. The largest absolute Gasteiger partial charge is 0.462 e. The molecule has 1 saturated carbocycles. The summed E-state index contributed by atoms with van der Waals surface area (Å²) in [5.41, 5.74) is 1.67. The summed E-state index contributed by atoms with van der Waals surface area (Å²) in [5, 5.41) is 3.46. The number of nitrogens with zero attached hydrogens (tertiary/aromatic N) is 4. The van der Waals surface area contributed by atoms with Gasteiger partial charge in [0.2, 0.25) is 21.4 Å². The monoisotopic (exact) mass is 569 g/mol. The van der Waals surface area contributed by atoms with Crippen LogP contribution < -0.4 is 10.7 Å². The van der Waals surface area contributed by atoms with E-state index in [0.29, 0.717) is 44.3 Å². The second kappa shape index (κ2) is 12.4. The van der Waals surface area contributed by atoms with Crippen molar-refractivity contribution in [2.24, 2.45) is 0 Å². The number of sulfonamides is 1. The third-order valence-electron chi connectivity index (χ3n) is 7.46. The first kappa shape index (κ1) is 28.2. The number of hydrogen-bond acceptors (Lipinski definition) is 9. The van der Waals surface area contributed by atoms with E-state index in [1.807, 2.05) is 28.8 Å². The van der Waals surface area contributed by atoms with E-state index < -0.39 is 21.4 Å². The maximum Gasteiger partial charge on any atom is 0.343 e. The summed E-state index contributed by atoms with van der Waals surface area (Å²) < 4.78 is 39.1. The average Bonchev–Trinajstić information content (AvgIpc) is 2.98. The number of pyridine rings is 1. The Morgan fingerprint density at radius 2 is 1.85 bits per heavy atom. The van der Waals surface area contributed by atoms with Crippen LogP contribution in [0.15, 0.2) is 41.5 Å². The molecule has 11 nitrogen and oxygen atoms in total. The van der Waals surface area contributed by atoms with Gasteiger partial charge in [0.25, 0.3) is 0 Å². The number of carbonyl (C=O) groups excluding carboxylic acids is 1. The molecule has 0 spiro atoms. The lowest BCUT2D eigenvalue weighted by atomic mass is 9.95. The van der Waals surface area contributed by atoms with E-state index in [-0.39, 0.29) is 29.4 Å². The van der Waals surface area contributed by atoms with Crippen molar-refractivity contribution in [2.45, 2.75) is 51.5 Å². The molecule has 0 bridgehead atoms. The van der Waals surface area contributed by atoms with Crippen LogP contribution >= 0.6 is 0 Å². The SMILES string of the molecule is CCOC(=O)c1cn(C2CCCCC2)c2nc(Nc3ccc(CCS(=O)(=O)N4CCOCC4)cc3)ncc2c1=O. The standard InChI is InChI=1S/C28H35N5O6S/c1-2-39-27(35)24-19-33(22-6-4-3-5-7-22)26-23(25(24)34)18-29-28(31-26)30-21-10-8-20(9-11-21)12-17-40(36,37)32-13-15-38-16-14-32/h8-11,18-19,22H,2-7,12-17H2,1H3,(H,29,30,31). The zero-order valence-corrected chi connectivity index (χ0v) is 23.5. The van der Waals surface area contributed by atoms with Crippen molar-refractivity contribution < 1.29 is 22.7 Å². The fraction of sp³-hybridized carbons (Fsp3) is 0.500. The highest BCUT2D eigenvalue weighted by atomic mass is 32.2. The summed E-state index contributed by atoms with van der Waals surface area (Å²) in [4.78, 5) is 34.7. The first-order chi connectivity index (χ1) is 19.4. The summed E-state index contributed by atoms with van der Waals surface area (Å²) >= 11 is 0. The number of hydrogen-bond donors (Lipinski definition) is 1. The van der Waals surface area contributed by atoms with Crippen LogP contribution in [-0.4, -0.2) is 71.9 Å². The van der Waals surface area contributed by atoms with Gasteiger partial charge in [-0.05, 0) is 43.9 Å². The number of carbonyl (C=O) groups is 1. The molecule has 1 aliphatic carbocycles. The smallest absolute Gasteiger partial charge is 0.343 e. The van der Waals surface area contributed by atoms with Crippen LogP contribution in [0.25, 0.3) is 11.0 Å². The number of nitrogens with one attached hydrogen (secondary N) is 1. The first-order valence-electron chi connectivity index (χ1n) is 13.9. The van der Waals surface area contributed by atoms with Gasteiger partial charge in [0.15, 0.2) is 0 Å². The molecule has 2 aromatic heterocycles. The number of rotatable bonds is 9. The van der Waals surface area contributed by atoms with Crippen LogP contribution in [-0.2, 0) is 25.9 Å². The van der Waals surface area contributed by atoms with Crippen molar-refractivity contribution in [3.05, 3.63) is 58.0 Å². The second-order valence-corrected chi connectivity index (χ2v) is 12.2. The van der Waals surface area contributed by atoms with Gasteiger partial charge >= 0.3 is 5.97 Å². The summed E-state index contributed by atoms with van der Waals surface area (Å²) in [6, 6.07) is 7.58. The van der Waals surface area contributed by atoms with Gasteiger partial charge in [0.1, 0.15) is 11.2 Å². The summed E-state index contributed by atoms with van der Waals surface area (Å²) in [5.74, 6) is -0.276. The highest BCUT2D eigenvalue weighted by Crippen LogP contribution is 2.30. The van der Waals surface area contributed by atoms with E-state index in [4.69, 9.17) is 9.47 Å². The highest BCUT2D eigenvalue weighted by Gasteiger charge is 2.25. The Kier molecular flexibility index (Phi) is 8.77. The number of fused-ring (bicyclic) bond motifs is 1. The van der Waals surface area contributed by atoms with E-state index in [0.717, 1.165) is 43.4 Å². The fourth-order valence-electron chi connectivity index (χ4n) is 5.27. The molecule has 2 aliphatic rings. The molecule has 3 aromatic rings. The van der Waals surface area contributed by atoms with Gasteiger partial charge in [-0.2, -0.15) is 9.29 Å². The molecule has 0 radical (unpaired) electrons. The zero-order chi connectivity index (χ0) is 28.1. The van der Waals surface area contributed by atoms with Gasteiger partial charge < -0.3 is 19.4 Å². The van der Waals surface area contributed by atoms with Crippen LogP contribution in [0.3, 0.4) is 0 Å². The van der Waals surface area contributed by atoms with E-state index in [9.17, 15) is 18.0 Å². The lowest BCUT2D eigenvalue weighted by molar-refractivity contribution is 0.0524. The Morgan fingerprint density at radius 1 is 1.12 bits per heavy atom. The molecule has 5 rings (SSSR count). The zero-order valence-electron chi connectivity index (χ0n) is 22.7. The first-order valence-corrected chi connectivity index (χ1v) is 15.5. The molecule has 0 amide bonds. The number of anilines is 2. The molecule has 1 aromatic carbocycles. The number of aryl methyl sites for hydroxylation is 1. The highest BCUT2D eigenvalue weighted by molar-refractivity contribution is 7.89. The topological polar surface area (TPSA) is 133 Å². The predicted octanol–water partition coefficient (Wildman–Crippen LogP) is 3.42. The van der Waals surface area contributed by atoms with E-state index in [1.54, 1.807) is 13.1 Å². The molecule has 1 saturated heterocycles. The van der Waals surface area contributed by atoms with Crippen molar-refractivity contribution >= 4 is 38.7 Å². The van der Waals surface area contributed by atoms with Crippen molar-refractivity contribution in [3.63, 3.8) is 0 Å². The van der Waals surface area contributed by atoms with Crippen molar-refractivity contribution in [2.75, 3.05) is 44.0 Å². The molecule has 40 heavy (non-hydrogen) atoms. The quantitative estimate of drug-likeness (QED) is 0.385. The summed E-state index contributed by atoms with van der Waals surface area (Å²) in [6.45, 7) is 3.55. The summed E-state index contributed by atoms with van der Waals surface area (Å²) in [6.07, 6.45) is 8.65. The van der Waals surface area contributed by atoms with Gasteiger partial charge in [0.05, 0.1) is 31.0 Å². The van der Waals surface area contributed by atoms with Crippen LogP contribution in [0.1, 0.15) is 61.0 Å². The molecule has 3 heterocycles. The normalized spacial score (nSPS) is 17.1. The van der Waals surface area contributed by atoms with Crippen LogP contribution in [0.4, 0.5) is 11.6 Å². The van der Waals surface area contributed by atoms with Crippen molar-refractivity contribution in [3.8, 4) is 0 Å².